The third kappa shape index (κ3) is 3.56. The van der Waals surface area contributed by atoms with Crippen LogP contribution in [-0.4, -0.2) is 52.2 Å². The summed E-state index contributed by atoms with van der Waals surface area (Å²) in [4.78, 5) is 26.5. The molecule has 0 aromatic heterocycles. The van der Waals surface area contributed by atoms with E-state index in [1.54, 1.807) is 43.5 Å². The Morgan fingerprint density at radius 2 is 1.38 bits per heavy atom. The lowest BCUT2D eigenvalue weighted by Crippen LogP contribution is -2.27. The van der Waals surface area contributed by atoms with Gasteiger partial charge < -0.3 is 24.3 Å². The molecule has 0 spiro atoms. The topological polar surface area (TPSA) is 86.3 Å². The van der Waals surface area contributed by atoms with Crippen LogP contribution < -0.4 is 24.3 Å². The quantitative estimate of drug-likeness (QED) is 0.717. The summed E-state index contributed by atoms with van der Waals surface area (Å²) in [5, 5.41) is 3.05. The molecule has 0 radical (unpaired) electrons. The molecule has 152 valence electrons. The molecule has 3 rings (SSSR count). The van der Waals surface area contributed by atoms with E-state index in [9.17, 15) is 9.59 Å². The zero-order chi connectivity index (χ0) is 21.1. The van der Waals surface area contributed by atoms with Gasteiger partial charge in [0.25, 0.3) is 11.8 Å². The number of nitrogens with zero attached hydrogens (tertiary/aromatic N) is 1. The van der Waals surface area contributed by atoms with E-state index in [4.69, 9.17) is 18.9 Å². The Bertz CT molecular complexity index is 956. The highest BCUT2D eigenvalue weighted by Gasteiger charge is 2.37. The molecule has 0 saturated heterocycles. The second-order valence-electron chi connectivity index (χ2n) is 6.19. The zero-order valence-corrected chi connectivity index (χ0v) is 16.9. The van der Waals surface area contributed by atoms with E-state index in [0.717, 1.165) is 4.90 Å². The summed E-state index contributed by atoms with van der Waals surface area (Å²) in [7, 11) is 7.51. The van der Waals surface area contributed by atoms with Crippen molar-refractivity contribution in [3.8, 4) is 23.0 Å². The number of amides is 2. The number of benzene rings is 2. The van der Waals surface area contributed by atoms with Gasteiger partial charge in [-0.15, -0.1) is 0 Å². The molecule has 1 N–H and O–H groups in total. The van der Waals surface area contributed by atoms with Gasteiger partial charge in [0, 0.05) is 24.9 Å². The van der Waals surface area contributed by atoms with Crippen molar-refractivity contribution >= 4 is 23.1 Å². The van der Waals surface area contributed by atoms with Gasteiger partial charge in [0.2, 0.25) is 5.75 Å². The standard InChI is InChI=1S/C21H22N2O6/c1-23-20(24)17(12-6-8-14(26-2)9-7-12)18(21(23)25)22-13-10-15(27-3)19(29-5)16(11-13)28-4/h6-11,22H,1-5H3. The summed E-state index contributed by atoms with van der Waals surface area (Å²) in [6.07, 6.45) is 0. The Kier molecular flexibility index (Phi) is 5.63. The molecule has 8 heteroatoms. The number of likely N-dealkylation sites (N-methyl/N-ethyl adjacent to an activating group) is 1. The predicted octanol–water partition coefficient (Wildman–Crippen LogP) is 2.54. The molecule has 2 amide bonds. The first-order chi connectivity index (χ1) is 13.9. The Morgan fingerprint density at radius 1 is 0.793 bits per heavy atom. The Balaban J connectivity index is 2.09. The van der Waals surface area contributed by atoms with Crippen LogP contribution in [0.1, 0.15) is 5.56 Å². The minimum atomic E-state index is -0.436. The van der Waals surface area contributed by atoms with Crippen molar-refractivity contribution in [3.05, 3.63) is 47.7 Å². The highest BCUT2D eigenvalue weighted by atomic mass is 16.5. The summed E-state index contributed by atoms with van der Waals surface area (Å²) in [6, 6.07) is 10.3. The molecule has 1 aliphatic rings. The summed E-state index contributed by atoms with van der Waals surface area (Å²) in [6.45, 7) is 0. The van der Waals surface area contributed by atoms with Crippen LogP contribution in [0.3, 0.4) is 0 Å². The Labute approximate surface area is 168 Å². The monoisotopic (exact) mass is 398 g/mol. The van der Waals surface area contributed by atoms with Crippen molar-refractivity contribution in [1.82, 2.24) is 4.90 Å². The molecule has 8 nitrogen and oxygen atoms in total. The average Bonchev–Trinajstić information content (AvgIpc) is 2.96. The second kappa shape index (κ2) is 8.14. The first-order valence-electron chi connectivity index (χ1n) is 8.73. The third-order valence-electron chi connectivity index (χ3n) is 4.60. The average molecular weight is 398 g/mol. The number of methoxy groups -OCH3 is 4. The fourth-order valence-corrected chi connectivity index (χ4v) is 3.08. The fraction of sp³-hybridized carbons (Fsp3) is 0.238. The van der Waals surface area contributed by atoms with E-state index in [1.165, 1.54) is 28.4 Å². The molecule has 1 heterocycles. The summed E-state index contributed by atoms with van der Waals surface area (Å²) >= 11 is 0. The number of carbonyl (C=O) groups is 2. The van der Waals surface area contributed by atoms with Gasteiger partial charge in [0.05, 0.1) is 34.0 Å². The van der Waals surface area contributed by atoms with E-state index in [2.05, 4.69) is 5.32 Å². The molecule has 2 aromatic rings. The minimum absolute atomic E-state index is 0.164. The molecule has 0 aliphatic carbocycles. The van der Waals surface area contributed by atoms with Crippen LogP contribution in [0.25, 0.3) is 5.57 Å². The number of nitrogens with one attached hydrogen (secondary N) is 1. The largest absolute Gasteiger partial charge is 0.497 e. The molecular weight excluding hydrogens is 376 g/mol. The van der Waals surface area contributed by atoms with E-state index in [0.29, 0.717) is 34.2 Å². The molecule has 1 aliphatic heterocycles. The number of anilines is 1. The number of carbonyl (C=O) groups excluding carboxylic acids is 2. The maximum absolute atomic E-state index is 12.7. The van der Waals surface area contributed by atoms with Gasteiger partial charge in [-0.1, -0.05) is 12.1 Å². The van der Waals surface area contributed by atoms with E-state index >= 15 is 0 Å². The van der Waals surface area contributed by atoms with E-state index in [1.807, 2.05) is 0 Å². The smallest absolute Gasteiger partial charge is 0.277 e. The van der Waals surface area contributed by atoms with Crippen molar-refractivity contribution in [2.24, 2.45) is 0 Å². The van der Waals surface area contributed by atoms with Gasteiger partial charge in [0.15, 0.2) is 11.5 Å². The van der Waals surface area contributed by atoms with Gasteiger partial charge in [0.1, 0.15) is 11.4 Å². The van der Waals surface area contributed by atoms with Gasteiger partial charge in [-0.05, 0) is 17.7 Å². The minimum Gasteiger partial charge on any atom is -0.497 e. The van der Waals surface area contributed by atoms with Crippen LogP contribution in [0.4, 0.5) is 5.69 Å². The zero-order valence-electron chi connectivity index (χ0n) is 16.9. The molecule has 0 atom stereocenters. The van der Waals surface area contributed by atoms with Crippen molar-refractivity contribution < 1.29 is 28.5 Å². The number of hydrogen-bond donors (Lipinski definition) is 1. The first kappa shape index (κ1) is 20.1. The Morgan fingerprint density at radius 3 is 1.86 bits per heavy atom. The highest BCUT2D eigenvalue weighted by molar-refractivity contribution is 6.36. The molecule has 29 heavy (non-hydrogen) atoms. The summed E-state index contributed by atoms with van der Waals surface area (Å²) < 4.78 is 21.2. The number of rotatable bonds is 7. The lowest BCUT2D eigenvalue weighted by molar-refractivity contribution is -0.135. The maximum atomic E-state index is 12.7. The predicted molar refractivity (Wildman–Crippen MR) is 107 cm³/mol. The van der Waals surface area contributed by atoms with Crippen LogP contribution in [0.5, 0.6) is 23.0 Å². The van der Waals surface area contributed by atoms with E-state index < -0.39 is 11.8 Å². The van der Waals surface area contributed by atoms with Crippen LogP contribution in [0.15, 0.2) is 42.1 Å². The summed E-state index contributed by atoms with van der Waals surface area (Å²) in [5.41, 5.74) is 1.55. The van der Waals surface area contributed by atoms with Gasteiger partial charge >= 0.3 is 0 Å². The lowest BCUT2D eigenvalue weighted by Gasteiger charge is -2.15. The SMILES string of the molecule is COc1ccc(C2=C(Nc3cc(OC)c(OC)c(OC)c3)C(=O)N(C)C2=O)cc1. The lowest BCUT2D eigenvalue weighted by atomic mass is 10.0. The van der Waals surface area contributed by atoms with Crippen molar-refractivity contribution in [2.45, 2.75) is 0 Å². The third-order valence-corrected chi connectivity index (χ3v) is 4.60. The van der Waals surface area contributed by atoms with Crippen LogP contribution >= 0.6 is 0 Å². The van der Waals surface area contributed by atoms with Gasteiger partial charge in [-0.3, -0.25) is 14.5 Å². The normalized spacial score (nSPS) is 13.6. The number of ether oxygens (including phenoxy) is 4. The van der Waals surface area contributed by atoms with Crippen LogP contribution in [0, 0.1) is 0 Å². The molecule has 2 aromatic carbocycles. The fourth-order valence-electron chi connectivity index (χ4n) is 3.08. The number of imide groups is 1. The highest BCUT2D eigenvalue weighted by Crippen LogP contribution is 2.41. The number of hydrogen-bond acceptors (Lipinski definition) is 7. The first-order valence-corrected chi connectivity index (χ1v) is 8.73. The molecule has 0 saturated carbocycles. The van der Waals surface area contributed by atoms with Gasteiger partial charge in [-0.2, -0.15) is 0 Å². The summed E-state index contributed by atoms with van der Waals surface area (Å²) in [5.74, 6) is 1.09. The van der Waals surface area contributed by atoms with Gasteiger partial charge in [-0.25, -0.2) is 0 Å². The molecule has 0 fully saturated rings. The van der Waals surface area contributed by atoms with Crippen molar-refractivity contribution in [1.29, 1.82) is 0 Å². The van der Waals surface area contributed by atoms with Crippen LogP contribution in [-0.2, 0) is 9.59 Å². The molecule has 0 bridgehead atoms. The molecular formula is C21H22N2O6. The van der Waals surface area contributed by atoms with E-state index in [-0.39, 0.29) is 11.3 Å². The van der Waals surface area contributed by atoms with Crippen LogP contribution in [0.2, 0.25) is 0 Å². The van der Waals surface area contributed by atoms with Crippen molar-refractivity contribution in [2.75, 3.05) is 40.8 Å². The Hall–Kier alpha value is -3.68. The molecule has 0 unspecified atom stereocenters. The second-order valence-corrected chi connectivity index (χ2v) is 6.19. The maximum Gasteiger partial charge on any atom is 0.277 e. The van der Waals surface area contributed by atoms with Crippen molar-refractivity contribution in [3.63, 3.8) is 0 Å².